The van der Waals surface area contributed by atoms with E-state index < -0.39 is 11.9 Å². The molecular weight excluding hydrogens is 671 g/mol. The molecule has 0 saturated carbocycles. The normalized spacial score (nSPS) is 14.4. The van der Waals surface area contributed by atoms with Gasteiger partial charge in [0.15, 0.2) is 0 Å². The van der Waals surface area contributed by atoms with E-state index in [0.29, 0.717) is 28.7 Å². The lowest BCUT2D eigenvalue weighted by Crippen LogP contribution is -2.36. The number of amides is 2. The standard InChI is InChI=1S/C37H51Cl3N4O4/c1-2-3-4-5-6-7-8-9-10-11-12-13-14-15-16-17-19-27(37(47)48)22-34(45)42-30-21-18-20-29(25-30)41-33-26-35(46)44(43-33)36-31(39)23-28(38)24-32(36)40/h18,20-21,23-25,27H,2-17,19,22,26H2,1H3,(H,41,43)(H,42,45)(H,47,48)/t27-/m1/s1. The number of nitrogens with zero attached hydrogens (tertiary/aromatic N) is 2. The minimum absolute atomic E-state index is 0.00841. The van der Waals surface area contributed by atoms with Crippen LogP contribution in [0.25, 0.3) is 0 Å². The molecule has 1 fully saturated rings. The summed E-state index contributed by atoms with van der Waals surface area (Å²) in [6, 6.07) is 9.82. The number of anilines is 2. The van der Waals surface area contributed by atoms with Crippen LogP contribution in [0.1, 0.15) is 129 Å². The zero-order valence-electron chi connectivity index (χ0n) is 28.2. The molecule has 11 heteroatoms. The van der Waals surface area contributed by atoms with Crippen molar-refractivity contribution in [2.45, 2.75) is 129 Å². The van der Waals surface area contributed by atoms with E-state index in [1.54, 1.807) is 24.3 Å². The maximum Gasteiger partial charge on any atom is 0.307 e. The summed E-state index contributed by atoms with van der Waals surface area (Å²) in [5.74, 6) is -1.97. The number of aliphatic imine (C=N–C) groups is 1. The van der Waals surface area contributed by atoms with Crippen molar-refractivity contribution in [1.82, 2.24) is 5.43 Å². The molecule has 8 nitrogen and oxygen atoms in total. The Hall–Kier alpha value is -2.81. The topological polar surface area (TPSA) is 111 Å². The van der Waals surface area contributed by atoms with Gasteiger partial charge in [-0.3, -0.25) is 19.8 Å². The fourth-order valence-corrected chi connectivity index (χ4v) is 6.93. The highest BCUT2D eigenvalue weighted by molar-refractivity contribution is 6.42. The molecule has 1 aliphatic rings. The molecule has 0 aromatic heterocycles. The van der Waals surface area contributed by atoms with Crippen molar-refractivity contribution in [3.8, 4) is 0 Å². The third-order valence-electron chi connectivity index (χ3n) is 8.60. The van der Waals surface area contributed by atoms with Gasteiger partial charge >= 0.3 is 5.97 Å². The van der Waals surface area contributed by atoms with E-state index in [9.17, 15) is 19.5 Å². The second-order valence-corrected chi connectivity index (χ2v) is 14.0. The SMILES string of the molecule is CCCCCCCCCCCCCCCCCC[C@H](CC(=O)Nc1cccc(N=C2CC(=O)N(c3c(Cl)cc(Cl)cc3Cl)N2)c1)C(=O)O. The second-order valence-electron chi connectivity index (χ2n) is 12.7. The van der Waals surface area contributed by atoms with E-state index >= 15 is 0 Å². The highest BCUT2D eigenvalue weighted by atomic mass is 35.5. The minimum Gasteiger partial charge on any atom is -0.481 e. The van der Waals surface area contributed by atoms with Crippen molar-refractivity contribution in [3.05, 3.63) is 51.5 Å². The van der Waals surface area contributed by atoms with Crippen molar-refractivity contribution >= 4 is 75.5 Å². The smallest absolute Gasteiger partial charge is 0.307 e. The summed E-state index contributed by atoms with van der Waals surface area (Å²) in [6.45, 7) is 2.26. The number of hydrogen-bond acceptors (Lipinski definition) is 4. The van der Waals surface area contributed by atoms with E-state index in [4.69, 9.17) is 34.8 Å². The van der Waals surface area contributed by atoms with Crippen LogP contribution in [0.3, 0.4) is 0 Å². The number of carbonyl (C=O) groups is 3. The van der Waals surface area contributed by atoms with Gasteiger partial charge in [-0.2, -0.15) is 0 Å². The average molecular weight is 722 g/mol. The van der Waals surface area contributed by atoms with Crippen LogP contribution < -0.4 is 15.8 Å². The fourth-order valence-electron chi connectivity index (χ4n) is 5.94. The fraction of sp³-hybridized carbons (Fsp3) is 0.568. The van der Waals surface area contributed by atoms with E-state index in [1.807, 2.05) is 0 Å². The third-order valence-corrected chi connectivity index (χ3v) is 9.39. The lowest BCUT2D eigenvalue weighted by Gasteiger charge is -2.19. The molecule has 264 valence electrons. The second kappa shape index (κ2) is 22.0. The van der Waals surface area contributed by atoms with Crippen molar-refractivity contribution in [2.24, 2.45) is 10.9 Å². The van der Waals surface area contributed by atoms with Gasteiger partial charge in [0.05, 0.1) is 28.1 Å². The average Bonchev–Trinajstić information content (AvgIpc) is 3.38. The number of carbonyl (C=O) groups excluding carboxylic acids is 2. The molecule has 48 heavy (non-hydrogen) atoms. The van der Waals surface area contributed by atoms with Crippen LogP contribution in [0.5, 0.6) is 0 Å². The van der Waals surface area contributed by atoms with Crippen LogP contribution in [0, 0.1) is 5.92 Å². The molecule has 0 aliphatic carbocycles. The molecule has 1 atom stereocenters. The summed E-state index contributed by atoms with van der Waals surface area (Å²) < 4.78 is 0. The molecule has 0 unspecified atom stereocenters. The van der Waals surface area contributed by atoms with E-state index in [2.05, 4.69) is 22.7 Å². The highest BCUT2D eigenvalue weighted by Crippen LogP contribution is 2.37. The first-order chi connectivity index (χ1) is 23.2. The Balaban J connectivity index is 1.34. The van der Waals surface area contributed by atoms with E-state index in [0.717, 1.165) is 19.3 Å². The molecule has 1 saturated heterocycles. The Morgan fingerprint density at radius 3 is 1.94 bits per heavy atom. The molecule has 3 rings (SSSR count). The Bertz CT molecular complexity index is 1350. The summed E-state index contributed by atoms with van der Waals surface area (Å²) in [5.41, 5.74) is 4.20. The van der Waals surface area contributed by atoms with Gasteiger partial charge in [-0.25, -0.2) is 10.0 Å². The number of unbranched alkanes of at least 4 members (excludes halogenated alkanes) is 15. The van der Waals surface area contributed by atoms with Crippen LogP contribution in [-0.4, -0.2) is 28.7 Å². The number of rotatable bonds is 23. The third kappa shape index (κ3) is 14.4. The number of hydrazine groups is 1. The van der Waals surface area contributed by atoms with Gasteiger partial charge in [-0.15, -0.1) is 0 Å². The molecule has 3 N–H and O–H groups in total. The predicted molar refractivity (Wildman–Crippen MR) is 199 cm³/mol. The quantitative estimate of drug-likeness (QED) is 0.0989. The van der Waals surface area contributed by atoms with Crippen LogP contribution >= 0.6 is 34.8 Å². The van der Waals surface area contributed by atoms with Crippen LogP contribution in [0.2, 0.25) is 15.1 Å². The van der Waals surface area contributed by atoms with Crippen LogP contribution in [-0.2, 0) is 14.4 Å². The zero-order valence-corrected chi connectivity index (χ0v) is 30.4. The predicted octanol–water partition coefficient (Wildman–Crippen LogP) is 11.3. The van der Waals surface area contributed by atoms with Crippen LogP contribution in [0.15, 0.2) is 41.4 Å². The van der Waals surface area contributed by atoms with Crippen molar-refractivity contribution in [1.29, 1.82) is 0 Å². The van der Waals surface area contributed by atoms with Gasteiger partial charge < -0.3 is 10.4 Å². The molecule has 2 amide bonds. The lowest BCUT2D eigenvalue weighted by atomic mass is 9.96. The van der Waals surface area contributed by atoms with Crippen molar-refractivity contribution < 1.29 is 19.5 Å². The number of nitrogens with one attached hydrogen (secondary N) is 2. The maximum absolute atomic E-state index is 12.8. The Labute approximate surface area is 301 Å². The first-order valence-corrected chi connectivity index (χ1v) is 18.8. The van der Waals surface area contributed by atoms with Gasteiger partial charge in [0.2, 0.25) is 5.91 Å². The van der Waals surface area contributed by atoms with Gasteiger partial charge in [-0.05, 0) is 36.8 Å². The van der Waals surface area contributed by atoms with Crippen molar-refractivity contribution in [3.63, 3.8) is 0 Å². The van der Waals surface area contributed by atoms with E-state index in [1.165, 1.54) is 101 Å². The first-order valence-electron chi connectivity index (χ1n) is 17.6. The molecule has 0 radical (unpaired) electrons. The molecule has 2 aromatic carbocycles. The molecular formula is C37H51Cl3N4O4. The molecule has 2 aromatic rings. The molecule has 0 bridgehead atoms. The Morgan fingerprint density at radius 2 is 1.40 bits per heavy atom. The number of halogens is 3. The summed E-state index contributed by atoms with van der Waals surface area (Å²) in [6.07, 6.45) is 20.6. The monoisotopic (exact) mass is 720 g/mol. The van der Waals surface area contributed by atoms with Gasteiger partial charge in [-0.1, -0.05) is 151 Å². The summed E-state index contributed by atoms with van der Waals surface area (Å²) in [4.78, 5) is 41.9. The number of aliphatic carboxylic acids is 1. The van der Waals surface area contributed by atoms with Gasteiger partial charge in [0, 0.05) is 17.1 Å². The number of amidine groups is 1. The maximum atomic E-state index is 12.8. The zero-order chi connectivity index (χ0) is 34.7. The highest BCUT2D eigenvalue weighted by Gasteiger charge is 2.30. The lowest BCUT2D eigenvalue weighted by molar-refractivity contribution is -0.143. The van der Waals surface area contributed by atoms with Gasteiger partial charge in [0.25, 0.3) is 5.91 Å². The van der Waals surface area contributed by atoms with Crippen molar-refractivity contribution in [2.75, 3.05) is 10.3 Å². The number of hydrogen-bond donors (Lipinski definition) is 3. The number of carboxylic acids is 1. The van der Waals surface area contributed by atoms with E-state index in [-0.39, 0.29) is 40.4 Å². The summed E-state index contributed by atoms with van der Waals surface area (Å²) >= 11 is 18.6. The molecule has 1 aliphatic heterocycles. The molecule has 0 spiro atoms. The Morgan fingerprint density at radius 1 is 0.854 bits per heavy atom. The number of carboxylic acid groups (broad SMARTS) is 1. The number of benzene rings is 2. The van der Waals surface area contributed by atoms with Crippen LogP contribution in [0.4, 0.5) is 17.1 Å². The first kappa shape index (κ1) is 39.6. The van der Waals surface area contributed by atoms with Gasteiger partial charge in [0.1, 0.15) is 11.5 Å². The largest absolute Gasteiger partial charge is 0.481 e. The minimum atomic E-state index is -0.950. The molecule has 1 heterocycles. The summed E-state index contributed by atoms with van der Waals surface area (Å²) in [7, 11) is 0. The Kier molecular flexibility index (Phi) is 18.2. The summed E-state index contributed by atoms with van der Waals surface area (Å²) in [5, 5.41) is 14.5.